The predicted molar refractivity (Wildman–Crippen MR) is 57.5 cm³/mol. The zero-order chi connectivity index (χ0) is 10.8. The summed E-state index contributed by atoms with van der Waals surface area (Å²) in [5, 5.41) is 4.02. The molecule has 0 saturated carbocycles. The molecule has 82 valence electrons. The highest BCUT2D eigenvalue weighted by Gasteiger charge is 2.22. The summed E-state index contributed by atoms with van der Waals surface area (Å²) in [5.41, 5.74) is 0.701. The number of aryl methyl sites for hydroxylation is 1. The molecular weight excluding hydrogens is 190 g/mol. The Balaban J connectivity index is 2.07. The fraction of sp³-hybridized carbons (Fsp3) is 0.636. The number of nitrogens with zero attached hydrogens (tertiary/aromatic N) is 3. The van der Waals surface area contributed by atoms with E-state index in [1.165, 1.54) is 6.42 Å². The summed E-state index contributed by atoms with van der Waals surface area (Å²) in [4.78, 5) is 14.0. The summed E-state index contributed by atoms with van der Waals surface area (Å²) in [6, 6.07) is 0. The molecule has 2 rings (SSSR count). The second-order valence-corrected chi connectivity index (χ2v) is 4.40. The first kappa shape index (κ1) is 10.2. The number of likely N-dealkylation sites (tertiary alicyclic amines) is 1. The Labute approximate surface area is 89.9 Å². The Bertz CT molecular complexity index is 358. The van der Waals surface area contributed by atoms with Crippen molar-refractivity contribution in [1.82, 2.24) is 14.7 Å². The van der Waals surface area contributed by atoms with E-state index >= 15 is 0 Å². The quantitative estimate of drug-likeness (QED) is 0.696. The Morgan fingerprint density at radius 3 is 3.00 bits per heavy atom. The van der Waals surface area contributed by atoms with Crippen molar-refractivity contribution in [3.63, 3.8) is 0 Å². The highest BCUT2D eigenvalue weighted by molar-refractivity contribution is 5.93. The van der Waals surface area contributed by atoms with Gasteiger partial charge in [0, 0.05) is 26.3 Å². The average Bonchev–Trinajstić information content (AvgIpc) is 2.64. The van der Waals surface area contributed by atoms with Crippen molar-refractivity contribution in [2.24, 2.45) is 13.0 Å². The summed E-state index contributed by atoms with van der Waals surface area (Å²) in [7, 11) is 1.83. The standard InChI is InChI=1S/C11H17N3O/c1-9-4-3-5-14(7-9)11(15)10-6-12-13(2)8-10/h6,8-9H,3-5,7H2,1-2H3/t9-/m0/s1. The lowest BCUT2D eigenvalue weighted by Gasteiger charge is -2.30. The van der Waals surface area contributed by atoms with Crippen LogP contribution in [-0.2, 0) is 7.05 Å². The van der Waals surface area contributed by atoms with Crippen LogP contribution in [0.1, 0.15) is 30.1 Å². The second kappa shape index (κ2) is 4.04. The van der Waals surface area contributed by atoms with Gasteiger partial charge in [0.1, 0.15) is 0 Å². The van der Waals surface area contributed by atoms with Gasteiger partial charge in [-0.25, -0.2) is 0 Å². The number of aromatic nitrogens is 2. The Hall–Kier alpha value is -1.32. The molecule has 1 fully saturated rings. The van der Waals surface area contributed by atoms with Crippen molar-refractivity contribution < 1.29 is 4.79 Å². The van der Waals surface area contributed by atoms with E-state index in [0.717, 1.165) is 19.5 Å². The number of piperidine rings is 1. The van der Waals surface area contributed by atoms with Crippen LogP contribution in [-0.4, -0.2) is 33.7 Å². The lowest BCUT2D eigenvalue weighted by atomic mass is 10.00. The average molecular weight is 207 g/mol. The predicted octanol–water partition coefficient (Wildman–Crippen LogP) is 1.29. The van der Waals surface area contributed by atoms with Crippen LogP contribution in [0.5, 0.6) is 0 Å². The van der Waals surface area contributed by atoms with Gasteiger partial charge >= 0.3 is 0 Å². The largest absolute Gasteiger partial charge is 0.338 e. The highest BCUT2D eigenvalue weighted by atomic mass is 16.2. The van der Waals surface area contributed by atoms with Crippen LogP contribution in [0.15, 0.2) is 12.4 Å². The summed E-state index contributed by atoms with van der Waals surface area (Å²) in [5.74, 6) is 0.744. The van der Waals surface area contributed by atoms with E-state index in [4.69, 9.17) is 0 Å². The van der Waals surface area contributed by atoms with E-state index in [-0.39, 0.29) is 5.91 Å². The third-order valence-corrected chi connectivity index (χ3v) is 2.90. The molecule has 0 radical (unpaired) electrons. The van der Waals surface area contributed by atoms with Gasteiger partial charge in [-0.2, -0.15) is 5.10 Å². The van der Waals surface area contributed by atoms with Gasteiger partial charge in [0.05, 0.1) is 11.8 Å². The third-order valence-electron chi connectivity index (χ3n) is 2.90. The summed E-state index contributed by atoms with van der Waals surface area (Å²) < 4.78 is 1.67. The lowest BCUT2D eigenvalue weighted by Crippen LogP contribution is -2.38. The SMILES string of the molecule is C[C@H]1CCCN(C(=O)c2cnn(C)c2)C1. The van der Waals surface area contributed by atoms with Gasteiger partial charge in [-0.15, -0.1) is 0 Å². The molecule has 4 nitrogen and oxygen atoms in total. The summed E-state index contributed by atoms with van der Waals surface area (Å²) >= 11 is 0. The smallest absolute Gasteiger partial charge is 0.257 e. The molecule has 1 saturated heterocycles. The Kier molecular flexibility index (Phi) is 2.75. The molecule has 1 amide bonds. The topological polar surface area (TPSA) is 38.1 Å². The molecule has 1 aliphatic rings. The first-order valence-corrected chi connectivity index (χ1v) is 5.44. The van der Waals surface area contributed by atoms with E-state index in [2.05, 4.69) is 12.0 Å². The first-order chi connectivity index (χ1) is 7.16. The van der Waals surface area contributed by atoms with Crippen molar-refractivity contribution in [3.8, 4) is 0 Å². The molecule has 0 aliphatic carbocycles. The Morgan fingerprint density at radius 2 is 2.40 bits per heavy atom. The van der Waals surface area contributed by atoms with E-state index in [0.29, 0.717) is 11.5 Å². The van der Waals surface area contributed by atoms with E-state index < -0.39 is 0 Å². The molecule has 15 heavy (non-hydrogen) atoms. The first-order valence-electron chi connectivity index (χ1n) is 5.44. The monoisotopic (exact) mass is 207 g/mol. The van der Waals surface area contributed by atoms with Gasteiger partial charge in [0.15, 0.2) is 0 Å². The van der Waals surface area contributed by atoms with Crippen LogP contribution in [0.3, 0.4) is 0 Å². The number of carbonyl (C=O) groups is 1. The maximum absolute atomic E-state index is 12.0. The van der Waals surface area contributed by atoms with E-state index in [1.54, 1.807) is 17.1 Å². The molecule has 1 atom stereocenters. The lowest BCUT2D eigenvalue weighted by molar-refractivity contribution is 0.0683. The highest BCUT2D eigenvalue weighted by Crippen LogP contribution is 2.17. The van der Waals surface area contributed by atoms with Crippen LogP contribution in [0.25, 0.3) is 0 Å². The zero-order valence-electron chi connectivity index (χ0n) is 9.31. The molecule has 0 N–H and O–H groups in total. The number of amides is 1. The molecule has 0 spiro atoms. The molecule has 1 aliphatic heterocycles. The molecule has 1 aromatic heterocycles. The Morgan fingerprint density at radius 1 is 1.60 bits per heavy atom. The van der Waals surface area contributed by atoms with Crippen LogP contribution < -0.4 is 0 Å². The van der Waals surface area contributed by atoms with Crippen molar-refractivity contribution in [3.05, 3.63) is 18.0 Å². The number of hydrogen-bond acceptors (Lipinski definition) is 2. The maximum Gasteiger partial charge on any atom is 0.257 e. The number of rotatable bonds is 1. The van der Waals surface area contributed by atoms with Crippen molar-refractivity contribution in [2.45, 2.75) is 19.8 Å². The van der Waals surface area contributed by atoms with Crippen LogP contribution in [0.2, 0.25) is 0 Å². The number of hydrogen-bond donors (Lipinski definition) is 0. The van der Waals surface area contributed by atoms with Gasteiger partial charge in [0.25, 0.3) is 5.91 Å². The van der Waals surface area contributed by atoms with Gasteiger partial charge < -0.3 is 4.90 Å². The molecule has 0 aromatic carbocycles. The minimum absolute atomic E-state index is 0.120. The fourth-order valence-corrected chi connectivity index (χ4v) is 2.09. The molecular formula is C11H17N3O. The number of carbonyl (C=O) groups excluding carboxylic acids is 1. The summed E-state index contributed by atoms with van der Waals surface area (Å²) in [6.07, 6.45) is 5.77. The fourth-order valence-electron chi connectivity index (χ4n) is 2.09. The third kappa shape index (κ3) is 2.19. The van der Waals surface area contributed by atoms with E-state index in [1.807, 2.05) is 11.9 Å². The molecule has 2 heterocycles. The van der Waals surface area contributed by atoms with Gasteiger partial charge in [-0.1, -0.05) is 6.92 Å². The van der Waals surface area contributed by atoms with Gasteiger partial charge in [-0.3, -0.25) is 9.48 Å². The van der Waals surface area contributed by atoms with E-state index in [9.17, 15) is 4.79 Å². The van der Waals surface area contributed by atoms with Crippen molar-refractivity contribution in [2.75, 3.05) is 13.1 Å². The molecule has 4 heteroatoms. The zero-order valence-corrected chi connectivity index (χ0v) is 9.31. The van der Waals surface area contributed by atoms with Crippen LogP contribution in [0.4, 0.5) is 0 Å². The maximum atomic E-state index is 12.0. The minimum Gasteiger partial charge on any atom is -0.338 e. The molecule has 1 aromatic rings. The van der Waals surface area contributed by atoms with Crippen molar-refractivity contribution >= 4 is 5.91 Å². The van der Waals surface area contributed by atoms with Crippen LogP contribution >= 0.6 is 0 Å². The molecule has 0 bridgehead atoms. The normalized spacial score (nSPS) is 21.7. The van der Waals surface area contributed by atoms with Crippen LogP contribution in [0, 0.1) is 5.92 Å². The summed E-state index contributed by atoms with van der Waals surface area (Å²) in [6.45, 7) is 3.97. The van der Waals surface area contributed by atoms with Gasteiger partial charge in [-0.05, 0) is 18.8 Å². The van der Waals surface area contributed by atoms with Gasteiger partial charge in [0.2, 0.25) is 0 Å². The minimum atomic E-state index is 0.120. The second-order valence-electron chi connectivity index (χ2n) is 4.40. The molecule has 0 unspecified atom stereocenters. The van der Waals surface area contributed by atoms with Crippen molar-refractivity contribution in [1.29, 1.82) is 0 Å².